The molecule has 0 aromatic heterocycles. The molecule has 5 rings (SSSR count). The van der Waals surface area contributed by atoms with Crippen LogP contribution in [-0.4, -0.2) is 59.5 Å². The lowest BCUT2D eigenvalue weighted by molar-refractivity contribution is -0.189. The van der Waals surface area contributed by atoms with Gasteiger partial charge in [-0.25, -0.2) is 4.79 Å². The molecule has 2 N–H and O–H groups in total. The molecule has 0 saturated carbocycles. The van der Waals surface area contributed by atoms with E-state index in [1.165, 1.54) is 0 Å². The largest absolute Gasteiger partial charge is 0.487 e. The number of carbonyl (C=O) groups excluding carboxylic acids is 2. The summed E-state index contributed by atoms with van der Waals surface area (Å²) >= 11 is 6.29. The van der Waals surface area contributed by atoms with E-state index in [1.807, 2.05) is 48.5 Å². The van der Waals surface area contributed by atoms with Gasteiger partial charge in [-0.05, 0) is 50.5 Å². The summed E-state index contributed by atoms with van der Waals surface area (Å²) in [6.07, 6.45) is 0.643. The molecule has 5 atom stereocenters. The first-order valence-corrected chi connectivity index (χ1v) is 13.1. The second-order valence-electron chi connectivity index (χ2n) is 10.6. The third kappa shape index (κ3) is 5.42. The Bertz CT molecular complexity index is 1140. The van der Waals surface area contributed by atoms with Crippen molar-refractivity contribution in [1.82, 2.24) is 10.2 Å². The Hall–Kier alpha value is -2.81. The van der Waals surface area contributed by atoms with Gasteiger partial charge in [0.2, 0.25) is 5.91 Å². The predicted molar refractivity (Wildman–Crippen MR) is 137 cm³/mol. The summed E-state index contributed by atoms with van der Waals surface area (Å²) in [5, 5.41) is 13.0. The number of rotatable bonds is 5. The normalized spacial score (nSPS) is 26.5. The minimum absolute atomic E-state index is 0.00223. The van der Waals surface area contributed by atoms with Crippen molar-refractivity contribution in [3.05, 3.63) is 64.7 Å². The van der Waals surface area contributed by atoms with Crippen LogP contribution < -0.4 is 10.1 Å². The number of piperidine rings is 1. The maximum atomic E-state index is 13.2. The van der Waals surface area contributed by atoms with Crippen molar-refractivity contribution in [3.8, 4) is 5.75 Å². The monoisotopic (exact) mass is 528 g/mol. The van der Waals surface area contributed by atoms with E-state index < -0.39 is 24.3 Å². The number of amides is 2. The number of carbonyl (C=O) groups is 2. The van der Waals surface area contributed by atoms with Crippen molar-refractivity contribution in [2.45, 2.75) is 57.1 Å². The van der Waals surface area contributed by atoms with Gasteiger partial charge in [-0.2, -0.15) is 0 Å². The third-order valence-electron chi connectivity index (χ3n) is 7.75. The van der Waals surface area contributed by atoms with Crippen LogP contribution in [0.1, 0.15) is 43.9 Å². The first-order chi connectivity index (χ1) is 17.7. The van der Waals surface area contributed by atoms with Crippen molar-refractivity contribution in [2.24, 2.45) is 11.8 Å². The van der Waals surface area contributed by atoms with Crippen LogP contribution >= 0.6 is 11.6 Å². The molecule has 198 valence electrons. The van der Waals surface area contributed by atoms with Crippen LogP contribution in [0.15, 0.2) is 48.5 Å². The van der Waals surface area contributed by atoms with Gasteiger partial charge in [0.25, 0.3) is 0 Å². The molecule has 0 bridgehead atoms. The summed E-state index contributed by atoms with van der Waals surface area (Å²) < 4.78 is 18.2. The molecule has 2 amide bonds. The van der Waals surface area contributed by atoms with E-state index in [1.54, 1.807) is 4.90 Å². The summed E-state index contributed by atoms with van der Waals surface area (Å²) in [5.74, 6) is 0.690. The van der Waals surface area contributed by atoms with Gasteiger partial charge in [-0.1, -0.05) is 41.9 Å². The summed E-state index contributed by atoms with van der Waals surface area (Å²) in [4.78, 5) is 27.2. The number of likely N-dealkylation sites (tertiary alicyclic amines) is 1. The lowest BCUT2D eigenvalue weighted by Crippen LogP contribution is -2.58. The topological polar surface area (TPSA) is 97.3 Å². The van der Waals surface area contributed by atoms with Crippen LogP contribution in [0.4, 0.5) is 4.79 Å². The molecule has 2 saturated heterocycles. The number of nitrogens with zero attached hydrogens (tertiary/aromatic N) is 1. The van der Waals surface area contributed by atoms with Crippen molar-refractivity contribution >= 4 is 23.6 Å². The Kier molecular flexibility index (Phi) is 7.34. The summed E-state index contributed by atoms with van der Waals surface area (Å²) in [6, 6.07) is 13.9. The minimum Gasteiger partial charge on any atom is -0.487 e. The number of hydrogen-bond acceptors (Lipinski definition) is 6. The standard InChI is InChI=1S/C28H33ClN2O6/c1-28(2)21-12-18-14-31(11-10-23(18)36-25(21)20-13-19(29)8-9-24(20)37-28)26(33)22(15-32)30-27(34)35-16-17-6-4-3-5-7-17/h3-9,13,18,21-23,25,32H,10-12,14-16H2,1-2H3,(H,30,34)/t18-,21+,22+,23+,25-/m1/s1. The third-order valence-corrected chi connectivity index (χ3v) is 7.98. The van der Waals surface area contributed by atoms with Crippen LogP contribution in [0.3, 0.4) is 0 Å². The first kappa shape index (κ1) is 25.8. The molecule has 3 aliphatic rings. The number of halogens is 1. The zero-order valence-electron chi connectivity index (χ0n) is 21.1. The summed E-state index contributed by atoms with van der Waals surface area (Å²) in [6.45, 7) is 4.69. The first-order valence-electron chi connectivity index (χ1n) is 12.8. The van der Waals surface area contributed by atoms with Crippen LogP contribution in [0.25, 0.3) is 0 Å². The lowest BCUT2D eigenvalue weighted by Gasteiger charge is -2.53. The van der Waals surface area contributed by atoms with Crippen LogP contribution in [0.5, 0.6) is 5.75 Å². The van der Waals surface area contributed by atoms with Gasteiger partial charge < -0.3 is 29.5 Å². The van der Waals surface area contributed by atoms with E-state index in [9.17, 15) is 14.7 Å². The van der Waals surface area contributed by atoms with Gasteiger partial charge in [0.05, 0.1) is 18.8 Å². The van der Waals surface area contributed by atoms with Gasteiger partial charge in [-0.3, -0.25) is 4.79 Å². The molecule has 0 radical (unpaired) electrons. The number of nitrogens with one attached hydrogen (secondary N) is 1. The van der Waals surface area contributed by atoms with Crippen molar-refractivity contribution < 1.29 is 28.9 Å². The highest BCUT2D eigenvalue weighted by Crippen LogP contribution is 2.53. The molecule has 0 unspecified atom stereocenters. The summed E-state index contributed by atoms with van der Waals surface area (Å²) in [7, 11) is 0. The molecular weight excluding hydrogens is 496 g/mol. The Labute approximate surface area is 221 Å². The number of aliphatic hydroxyl groups excluding tert-OH is 1. The number of fused-ring (bicyclic) bond motifs is 4. The molecular formula is C28H33ClN2O6. The molecule has 8 nitrogen and oxygen atoms in total. The zero-order chi connectivity index (χ0) is 26.2. The highest BCUT2D eigenvalue weighted by atomic mass is 35.5. The van der Waals surface area contributed by atoms with E-state index in [0.717, 1.165) is 23.3 Å². The van der Waals surface area contributed by atoms with E-state index in [0.29, 0.717) is 24.5 Å². The van der Waals surface area contributed by atoms with Gasteiger partial charge in [0, 0.05) is 35.5 Å². The van der Waals surface area contributed by atoms with Gasteiger partial charge in [0.15, 0.2) is 0 Å². The van der Waals surface area contributed by atoms with Gasteiger partial charge >= 0.3 is 6.09 Å². The SMILES string of the molecule is CC1(C)Oc2ccc(Cl)cc2[C@H]2O[C@H]3CCN(C(=O)[C@H](CO)NC(=O)OCc4ccccc4)C[C@H]3C[C@@H]21. The van der Waals surface area contributed by atoms with Crippen LogP contribution in [0, 0.1) is 11.8 Å². The average Bonchev–Trinajstić information content (AvgIpc) is 2.90. The summed E-state index contributed by atoms with van der Waals surface area (Å²) in [5.41, 5.74) is 1.37. The Balaban J connectivity index is 1.22. The Morgan fingerprint density at radius 3 is 2.78 bits per heavy atom. The second kappa shape index (κ2) is 10.5. The maximum Gasteiger partial charge on any atom is 0.408 e. The van der Waals surface area contributed by atoms with Crippen molar-refractivity contribution in [1.29, 1.82) is 0 Å². The Morgan fingerprint density at radius 1 is 1.24 bits per heavy atom. The zero-order valence-corrected chi connectivity index (χ0v) is 21.8. The molecule has 3 aliphatic heterocycles. The average molecular weight is 529 g/mol. The highest BCUT2D eigenvalue weighted by Gasteiger charge is 2.51. The molecule has 3 heterocycles. The number of alkyl carbamates (subject to hydrolysis) is 1. The lowest BCUT2D eigenvalue weighted by atomic mass is 9.70. The van der Waals surface area contributed by atoms with Crippen LogP contribution in [0.2, 0.25) is 5.02 Å². The molecule has 0 aliphatic carbocycles. The molecule has 37 heavy (non-hydrogen) atoms. The van der Waals surface area contributed by atoms with Crippen molar-refractivity contribution in [2.75, 3.05) is 19.7 Å². The number of aliphatic hydroxyl groups is 1. The highest BCUT2D eigenvalue weighted by molar-refractivity contribution is 6.30. The second-order valence-corrected chi connectivity index (χ2v) is 11.0. The number of benzene rings is 2. The quantitative estimate of drug-likeness (QED) is 0.606. The Morgan fingerprint density at radius 2 is 2.03 bits per heavy atom. The number of ether oxygens (including phenoxy) is 3. The smallest absolute Gasteiger partial charge is 0.408 e. The van der Waals surface area contributed by atoms with Gasteiger partial charge in [0.1, 0.15) is 24.0 Å². The number of hydrogen-bond donors (Lipinski definition) is 2. The fraction of sp³-hybridized carbons (Fsp3) is 0.500. The molecule has 2 fully saturated rings. The molecule has 2 aromatic carbocycles. The van der Waals surface area contributed by atoms with E-state index >= 15 is 0 Å². The van der Waals surface area contributed by atoms with Gasteiger partial charge in [-0.15, -0.1) is 0 Å². The van der Waals surface area contributed by atoms with E-state index in [-0.39, 0.29) is 36.6 Å². The molecule has 9 heteroatoms. The molecule has 0 spiro atoms. The maximum absolute atomic E-state index is 13.2. The predicted octanol–water partition coefficient (Wildman–Crippen LogP) is 4.09. The molecule has 2 aromatic rings. The van der Waals surface area contributed by atoms with E-state index in [4.69, 9.17) is 25.8 Å². The minimum atomic E-state index is -1.07. The van der Waals surface area contributed by atoms with E-state index in [2.05, 4.69) is 19.2 Å². The van der Waals surface area contributed by atoms with Crippen molar-refractivity contribution in [3.63, 3.8) is 0 Å². The fourth-order valence-electron chi connectivity index (χ4n) is 5.79. The fourth-order valence-corrected chi connectivity index (χ4v) is 5.97. The van der Waals surface area contributed by atoms with Crippen LogP contribution in [-0.2, 0) is 20.9 Å².